The molecule has 1 aliphatic rings. The minimum Gasteiger partial charge on any atom is -0.350 e. The summed E-state index contributed by atoms with van der Waals surface area (Å²) in [6.45, 7) is 5.34. The number of carbonyl (C=O) groups is 1. The van der Waals surface area contributed by atoms with Gasteiger partial charge in [0.2, 0.25) is 11.9 Å². The molecule has 3 aromatic heterocycles. The molecule has 0 aromatic carbocycles. The molecule has 0 saturated carbocycles. The van der Waals surface area contributed by atoms with Crippen LogP contribution in [0.1, 0.15) is 48.7 Å². The van der Waals surface area contributed by atoms with Crippen LogP contribution in [0.5, 0.6) is 0 Å². The molecule has 1 saturated heterocycles. The molecule has 8 nitrogen and oxygen atoms in total. The summed E-state index contributed by atoms with van der Waals surface area (Å²) in [5, 5.41) is 8.18. The fraction of sp³-hybridized carbons (Fsp3) is 0.500. The number of hydrogen-bond donors (Lipinski definition) is 2. The number of aromatic amines is 1. The van der Waals surface area contributed by atoms with Crippen molar-refractivity contribution in [1.29, 1.82) is 0 Å². The van der Waals surface area contributed by atoms with E-state index in [4.69, 9.17) is 0 Å². The van der Waals surface area contributed by atoms with Crippen molar-refractivity contribution >= 4 is 29.0 Å². The lowest BCUT2D eigenvalue weighted by molar-refractivity contribution is -0.134. The molecule has 0 bridgehead atoms. The van der Waals surface area contributed by atoms with Crippen LogP contribution in [-0.2, 0) is 17.8 Å². The van der Waals surface area contributed by atoms with Crippen LogP contribution in [0.2, 0.25) is 0 Å². The lowest BCUT2D eigenvalue weighted by atomic mass is 10.0. The van der Waals surface area contributed by atoms with Crippen LogP contribution in [0.4, 0.5) is 5.95 Å². The van der Waals surface area contributed by atoms with Crippen LogP contribution >= 0.6 is 11.3 Å². The van der Waals surface area contributed by atoms with Crippen molar-refractivity contribution < 1.29 is 4.79 Å². The standard InChI is InChI=1S/C20H26N6O2S/c1-13-6-3-4-10-25(13)17(27)9-8-16-14(2)22-20-23-19(24-26(20)18(16)28)21-12-15-7-5-11-29-15/h5,7,11,13H,3-4,6,8-10,12H2,1-2H3,(H2,21,22,23,24). The summed E-state index contributed by atoms with van der Waals surface area (Å²) in [6, 6.07) is 4.31. The van der Waals surface area contributed by atoms with E-state index in [2.05, 4.69) is 27.3 Å². The molecule has 154 valence electrons. The number of thiophene rings is 1. The first-order chi connectivity index (χ1) is 14.0. The summed E-state index contributed by atoms with van der Waals surface area (Å²) in [7, 11) is 0. The summed E-state index contributed by atoms with van der Waals surface area (Å²) in [5.74, 6) is 0.947. The van der Waals surface area contributed by atoms with Crippen LogP contribution in [0, 0.1) is 6.92 Å². The zero-order chi connectivity index (χ0) is 20.4. The molecule has 1 aliphatic heterocycles. The largest absolute Gasteiger partial charge is 0.350 e. The number of carbonyl (C=O) groups excluding carboxylic acids is 1. The third-order valence-electron chi connectivity index (χ3n) is 5.52. The Labute approximate surface area is 173 Å². The van der Waals surface area contributed by atoms with Gasteiger partial charge in [0.1, 0.15) is 0 Å². The minimum atomic E-state index is -0.191. The van der Waals surface area contributed by atoms with Gasteiger partial charge in [-0.05, 0) is 51.0 Å². The monoisotopic (exact) mass is 414 g/mol. The number of aromatic nitrogens is 4. The summed E-state index contributed by atoms with van der Waals surface area (Å²) < 4.78 is 1.35. The van der Waals surface area contributed by atoms with Gasteiger partial charge in [-0.1, -0.05) is 6.07 Å². The summed E-state index contributed by atoms with van der Waals surface area (Å²) in [6.07, 6.45) is 4.00. The molecule has 4 heterocycles. The van der Waals surface area contributed by atoms with Gasteiger partial charge in [0.05, 0.1) is 12.2 Å². The molecule has 1 fully saturated rings. The van der Waals surface area contributed by atoms with E-state index in [1.54, 1.807) is 18.3 Å². The number of aryl methyl sites for hydroxylation is 1. The number of likely N-dealkylation sites (tertiary alicyclic amines) is 1. The summed E-state index contributed by atoms with van der Waals surface area (Å²) in [4.78, 5) is 37.5. The van der Waals surface area contributed by atoms with Gasteiger partial charge in [-0.15, -0.1) is 11.3 Å². The normalized spacial score (nSPS) is 17.0. The van der Waals surface area contributed by atoms with Crippen molar-refractivity contribution in [2.75, 3.05) is 11.9 Å². The Morgan fingerprint density at radius 2 is 2.24 bits per heavy atom. The number of H-pyrrole nitrogens is 1. The lowest BCUT2D eigenvalue weighted by Gasteiger charge is -2.33. The third kappa shape index (κ3) is 4.19. The van der Waals surface area contributed by atoms with E-state index in [9.17, 15) is 9.59 Å². The maximum Gasteiger partial charge on any atom is 0.277 e. The van der Waals surface area contributed by atoms with E-state index in [0.717, 1.165) is 19.4 Å². The highest BCUT2D eigenvalue weighted by atomic mass is 32.1. The number of piperidine rings is 1. The minimum absolute atomic E-state index is 0.115. The molecular formula is C20H26N6O2S. The SMILES string of the molecule is Cc1nc2nc(NCc3cccs3)[nH]n2c(=O)c1CCC(=O)N1CCCCC1C. The second-order valence-electron chi connectivity index (χ2n) is 7.55. The Hall–Kier alpha value is -2.68. The van der Waals surface area contributed by atoms with E-state index in [1.807, 2.05) is 22.4 Å². The third-order valence-corrected chi connectivity index (χ3v) is 6.39. The number of nitrogens with zero attached hydrogens (tertiary/aromatic N) is 4. The number of hydrogen-bond acceptors (Lipinski definition) is 6. The summed E-state index contributed by atoms with van der Waals surface area (Å²) >= 11 is 1.65. The zero-order valence-corrected chi connectivity index (χ0v) is 17.6. The van der Waals surface area contributed by atoms with Gasteiger partial charge < -0.3 is 10.2 Å². The second-order valence-corrected chi connectivity index (χ2v) is 8.59. The molecule has 4 rings (SSSR count). The molecule has 1 atom stereocenters. The second kappa shape index (κ2) is 8.36. The molecule has 0 radical (unpaired) electrons. The van der Waals surface area contributed by atoms with Crippen molar-refractivity contribution in [3.05, 3.63) is 44.0 Å². The molecule has 1 amide bonds. The lowest BCUT2D eigenvalue weighted by Crippen LogP contribution is -2.42. The number of fused-ring (bicyclic) bond motifs is 1. The van der Waals surface area contributed by atoms with Gasteiger partial charge in [0, 0.05) is 29.4 Å². The fourth-order valence-electron chi connectivity index (χ4n) is 3.85. The zero-order valence-electron chi connectivity index (χ0n) is 16.8. The quantitative estimate of drug-likeness (QED) is 0.647. The Kier molecular flexibility index (Phi) is 5.66. The van der Waals surface area contributed by atoms with Crippen molar-refractivity contribution in [2.24, 2.45) is 0 Å². The van der Waals surface area contributed by atoms with Crippen LogP contribution in [0.3, 0.4) is 0 Å². The number of rotatable bonds is 6. The van der Waals surface area contributed by atoms with Gasteiger partial charge in [0.25, 0.3) is 11.3 Å². The average Bonchev–Trinajstić information content (AvgIpc) is 3.36. The van der Waals surface area contributed by atoms with Crippen LogP contribution < -0.4 is 10.9 Å². The van der Waals surface area contributed by atoms with E-state index in [-0.39, 0.29) is 17.5 Å². The van der Waals surface area contributed by atoms with Crippen molar-refractivity contribution in [2.45, 2.75) is 58.5 Å². The molecule has 0 aliphatic carbocycles. The van der Waals surface area contributed by atoms with Gasteiger partial charge in [0.15, 0.2) is 0 Å². The maximum atomic E-state index is 12.9. The van der Waals surface area contributed by atoms with Gasteiger partial charge in [-0.25, -0.2) is 4.98 Å². The smallest absolute Gasteiger partial charge is 0.277 e. The number of anilines is 1. The Morgan fingerprint density at radius 1 is 1.38 bits per heavy atom. The van der Waals surface area contributed by atoms with Crippen LogP contribution in [0.25, 0.3) is 5.78 Å². The van der Waals surface area contributed by atoms with Crippen LogP contribution in [-0.4, -0.2) is 43.0 Å². The first-order valence-corrected chi connectivity index (χ1v) is 10.9. The Balaban J connectivity index is 1.49. The molecule has 9 heteroatoms. The molecule has 3 aromatic rings. The molecule has 0 spiro atoms. The van der Waals surface area contributed by atoms with Gasteiger partial charge in [-0.2, -0.15) is 9.50 Å². The molecule has 2 N–H and O–H groups in total. The van der Waals surface area contributed by atoms with E-state index < -0.39 is 0 Å². The van der Waals surface area contributed by atoms with Crippen LogP contribution in [0.15, 0.2) is 22.3 Å². The highest BCUT2D eigenvalue weighted by Gasteiger charge is 2.23. The van der Waals surface area contributed by atoms with E-state index in [0.29, 0.717) is 42.4 Å². The van der Waals surface area contributed by atoms with Gasteiger partial charge >= 0.3 is 0 Å². The molecular weight excluding hydrogens is 388 g/mol. The summed E-state index contributed by atoms with van der Waals surface area (Å²) in [5.41, 5.74) is 1.00. The highest BCUT2D eigenvalue weighted by molar-refractivity contribution is 7.09. The average molecular weight is 415 g/mol. The van der Waals surface area contributed by atoms with E-state index in [1.165, 1.54) is 15.8 Å². The first kappa shape index (κ1) is 19.6. The fourth-order valence-corrected chi connectivity index (χ4v) is 4.49. The highest BCUT2D eigenvalue weighted by Crippen LogP contribution is 2.18. The maximum absolute atomic E-state index is 12.9. The van der Waals surface area contributed by atoms with Crippen molar-refractivity contribution in [3.63, 3.8) is 0 Å². The Bertz CT molecular complexity index is 1060. The first-order valence-electron chi connectivity index (χ1n) is 10.1. The van der Waals surface area contributed by atoms with Crippen molar-refractivity contribution in [1.82, 2.24) is 24.5 Å². The predicted molar refractivity (Wildman–Crippen MR) is 113 cm³/mol. The number of amides is 1. The van der Waals surface area contributed by atoms with Crippen molar-refractivity contribution in [3.8, 4) is 0 Å². The van der Waals surface area contributed by atoms with Gasteiger partial charge in [-0.3, -0.25) is 14.7 Å². The van der Waals surface area contributed by atoms with E-state index >= 15 is 0 Å². The molecule has 29 heavy (non-hydrogen) atoms. The predicted octanol–water partition coefficient (Wildman–Crippen LogP) is 2.73. The topological polar surface area (TPSA) is 95.4 Å². The number of nitrogens with one attached hydrogen (secondary N) is 2. The molecule has 1 unspecified atom stereocenters. The Morgan fingerprint density at radius 3 is 3.00 bits per heavy atom.